The fourth-order valence-electron chi connectivity index (χ4n) is 2.10. The zero-order valence-corrected chi connectivity index (χ0v) is 11.7. The molecule has 4 heteroatoms. The number of hydrogen-bond donors (Lipinski definition) is 0. The molecule has 4 nitrogen and oxygen atoms in total. The Bertz CT molecular complexity index is 587. The van der Waals surface area contributed by atoms with Gasteiger partial charge in [0.1, 0.15) is 5.69 Å². The summed E-state index contributed by atoms with van der Waals surface area (Å²) in [5, 5.41) is 7.79. The van der Waals surface area contributed by atoms with Crippen LogP contribution in [0.3, 0.4) is 0 Å². The molecule has 0 radical (unpaired) electrons. The van der Waals surface area contributed by atoms with Crippen LogP contribution < -0.4 is 0 Å². The maximum absolute atomic E-state index is 12.3. The van der Waals surface area contributed by atoms with Crippen LogP contribution in [0.25, 0.3) is 0 Å². The summed E-state index contributed by atoms with van der Waals surface area (Å²) in [6.45, 7) is 6.86. The molecule has 1 aromatic carbocycles. The molecule has 1 aromatic heterocycles. The highest BCUT2D eigenvalue weighted by Crippen LogP contribution is 2.14. The SMILES string of the molecule is CCCn1nncc1C(=O)Cc1cc(C)ccc1C. The van der Waals surface area contributed by atoms with E-state index in [-0.39, 0.29) is 5.78 Å². The number of hydrogen-bond acceptors (Lipinski definition) is 3. The average molecular weight is 257 g/mol. The third-order valence-corrected chi connectivity index (χ3v) is 3.19. The van der Waals surface area contributed by atoms with Crippen LogP contribution in [0, 0.1) is 13.8 Å². The number of aromatic nitrogens is 3. The van der Waals surface area contributed by atoms with Crippen LogP contribution >= 0.6 is 0 Å². The highest BCUT2D eigenvalue weighted by Gasteiger charge is 2.14. The van der Waals surface area contributed by atoms with Gasteiger partial charge in [0.05, 0.1) is 6.20 Å². The molecule has 100 valence electrons. The molecule has 2 rings (SSSR count). The van der Waals surface area contributed by atoms with Gasteiger partial charge in [0.15, 0.2) is 5.78 Å². The summed E-state index contributed by atoms with van der Waals surface area (Å²) >= 11 is 0. The molecule has 0 aliphatic heterocycles. The normalized spacial score (nSPS) is 10.7. The highest BCUT2D eigenvalue weighted by atomic mass is 16.1. The van der Waals surface area contributed by atoms with Gasteiger partial charge < -0.3 is 0 Å². The fourth-order valence-corrected chi connectivity index (χ4v) is 2.10. The Labute approximate surface area is 113 Å². The van der Waals surface area contributed by atoms with E-state index in [1.165, 1.54) is 5.56 Å². The number of benzene rings is 1. The van der Waals surface area contributed by atoms with Gasteiger partial charge in [-0.2, -0.15) is 0 Å². The molecule has 0 N–H and O–H groups in total. The van der Waals surface area contributed by atoms with Crippen LogP contribution in [-0.4, -0.2) is 20.8 Å². The van der Waals surface area contributed by atoms with Gasteiger partial charge in [-0.25, -0.2) is 4.68 Å². The molecule has 0 spiro atoms. The molecule has 0 amide bonds. The lowest BCUT2D eigenvalue weighted by atomic mass is 10.00. The molecule has 0 fully saturated rings. The minimum atomic E-state index is 0.0761. The molecular weight excluding hydrogens is 238 g/mol. The van der Waals surface area contributed by atoms with Crippen molar-refractivity contribution in [2.75, 3.05) is 0 Å². The highest BCUT2D eigenvalue weighted by molar-refractivity contribution is 5.95. The minimum Gasteiger partial charge on any atom is -0.292 e. The summed E-state index contributed by atoms with van der Waals surface area (Å²) in [4.78, 5) is 12.3. The molecule has 0 atom stereocenters. The summed E-state index contributed by atoms with van der Waals surface area (Å²) in [7, 11) is 0. The van der Waals surface area contributed by atoms with Gasteiger partial charge in [-0.3, -0.25) is 4.79 Å². The third kappa shape index (κ3) is 3.08. The van der Waals surface area contributed by atoms with Gasteiger partial charge in [0.25, 0.3) is 0 Å². The quantitative estimate of drug-likeness (QED) is 0.774. The molecule has 19 heavy (non-hydrogen) atoms. The number of carbonyl (C=O) groups is 1. The Kier molecular flexibility index (Phi) is 4.10. The second kappa shape index (κ2) is 5.78. The average Bonchev–Trinajstić information content (AvgIpc) is 2.82. The Hall–Kier alpha value is -1.97. The van der Waals surface area contributed by atoms with Gasteiger partial charge in [0.2, 0.25) is 0 Å². The topological polar surface area (TPSA) is 47.8 Å². The molecule has 2 aromatic rings. The Morgan fingerprint density at radius 2 is 2.11 bits per heavy atom. The molecule has 0 unspecified atom stereocenters. The number of carbonyl (C=O) groups excluding carboxylic acids is 1. The van der Waals surface area contributed by atoms with E-state index in [0.717, 1.165) is 24.1 Å². The van der Waals surface area contributed by atoms with E-state index >= 15 is 0 Å². The van der Waals surface area contributed by atoms with Crippen molar-refractivity contribution in [3.63, 3.8) is 0 Å². The first-order chi connectivity index (χ1) is 9.11. The summed E-state index contributed by atoms with van der Waals surface area (Å²) in [6.07, 6.45) is 2.90. The first-order valence-electron chi connectivity index (χ1n) is 6.59. The van der Waals surface area contributed by atoms with Crippen LogP contribution in [0.4, 0.5) is 0 Å². The van der Waals surface area contributed by atoms with E-state index in [1.807, 2.05) is 13.8 Å². The van der Waals surface area contributed by atoms with Gasteiger partial charge in [0, 0.05) is 13.0 Å². The first-order valence-corrected chi connectivity index (χ1v) is 6.59. The van der Waals surface area contributed by atoms with Crippen molar-refractivity contribution < 1.29 is 4.79 Å². The molecule has 0 aliphatic carbocycles. The van der Waals surface area contributed by atoms with Crippen LogP contribution in [0.1, 0.15) is 40.5 Å². The summed E-state index contributed by atoms with van der Waals surface area (Å²) in [5.74, 6) is 0.0761. The number of Topliss-reactive ketones (excluding diaryl/α,β-unsaturated/α-hetero) is 1. The van der Waals surface area contributed by atoms with Gasteiger partial charge in [-0.15, -0.1) is 5.10 Å². The van der Waals surface area contributed by atoms with Crippen LogP contribution in [-0.2, 0) is 13.0 Å². The van der Waals surface area contributed by atoms with E-state index in [1.54, 1.807) is 10.9 Å². The molecule has 0 aliphatic rings. The Morgan fingerprint density at radius 3 is 2.84 bits per heavy atom. The van der Waals surface area contributed by atoms with Crippen LogP contribution in [0.15, 0.2) is 24.4 Å². The summed E-state index contributed by atoms with van der Waals surface area (Å²) < 4.78 is 1.69. The monoisotopic (exact) mass is 257 g/mol. The van der Waals surface area contributed by atoms with E-state index in [9.17, 15) is 4.79 Å². The van der Waals surface area contributed by atoms with Gasteiger partial charge >= 0.3 is 0 Å². The minimum absolute atomic E-state index is 0.0761. The zero-order valence-electron chi connectivity index (χ0n) is 11.7. The van der Waals surface area contributed by atoms with Crippen molar-refractivity contribution in [2.24, 2.45) is 0 Å². The largest absolute Gasteiger partial charge is 0.292 e. The third-order valence-electron chi connectivity index (χ3n) is 3.19. The van der Waals surface area contributed by atoms with Gasteiger partial charge in [-0.05, 0) is 31.4 Å². The zero-order chi connectivity index (χ0) is 13.8. The first kappa shape index (κ1) is 13.5. The van der Waals surface area contributed by atoms with E-state index in [2.05, 4.69) is 35.4 Å². The van der Waals surface area contributed by atoms with E-state index in [4.69, 9.17) is 0 Å². The predicted molar refractivity (Wildman–Crippen MR) is 74.3 cm³/mol. The lowest BCUT2D eigenvalue weighted by molar-refractivity contribution is 0.0982. The lowest BCUT2D eigenvalue weighted by Crippen LogP contribution is -2.13. The smallest absolute Gasteiger partial charge is 0.186 e. The van der Waals surface area contributed by atoms with Crippen LogP contribution in [0.2, 0.25) is 0 Å². The molecular formula is C15H19N3O. The predicted octanol–water partition coefficient (Wildman–Crippen LogP) is 2.73. The van der Waals surface area contributed by atoms with E-state index < -0.39 is 0 Å². The second-order valence-corrected chi connectivity index (χ2v) is 4.87. The fraction of sp³-hybridized carbons (Fsp3) is 0.400. The summed E-state index contributed by atoms with van der Waals surface area (Å²) in [6, 6.07) is 6.19. The van der Waals surface area contributed by atoms with Crippen molar-refractivity contribution in [3.8, 4) is 0 Å². The Balaban J connectivity index is 2.21. The number of ketones is 1. The maximum Gasteiger partial charge on any atom is 0.186 e. The lowest BCUT2D eigenvalue weighted by Gasteiger charge is -2.07. The van der Waals surface area contributed by atoms with Crippen molar-refractivity contribution in [1.82, 2.24) is 15.0 Å². The molecule has 0 bridgehead atoms. The van der Waals surface area contributed by atoms with Gasteiger partial charge in [-0.1, -0.05) is 35.9 Å². The molecule has 1 heterocycles. The van der Waals surface area contributed by atoms with Crippen molar-refractivity contribution in [1.29, 1.82) is 0 Å². The molecule has 0 saturated heterocycles. The van der Waals surface area contributed by atoms with E-state index in [0.29, 0.717) is 12.1 Å². The number of aryl methyl sites for hydroxylation is 3. The van der Waals surface area contributed by atoms with Crippen molar-refractivity contribution >= 4 is 5.78 Å². The maximum atomic E-state index is 12.3. The Morgan fingerprint density at radius 1 is 1.32 bits per heavy atom. The number of nitrogens with zero attached hydrogens (tertiary/aromatic N) is 3. The van der Waals surface area contributed by atoms with Crippen molar-refractivity contribution in [2.45, 2.75) is 40.2 Å². The van der Waals surface area contributed by atoms with Crippen molar-refractivity contribution in [3.05, 3.63) is 46.8 Å². The standard InChI is InChI=1S/C15H19N3O/c1-4-7-18-14(10-16-17-18)15(19)9-13-8-11(2)5-6-12(13)3/h5-6,8,10H,4,7,9H2,1-3H3. The molecule has 0 saturated carbocycles. The number of rotatable bonds is 5. The van der Waals surface area contributed by atoms with Crippen LogP contribution in [0.5, 0.6) is 0 Å². The summed E-state index contributed by atoms with van der Waals surface area (Å²) in [5.41, 5.74) is 4.00. The second-order valence-electron chi connectivity index (χ2n) is 4.87.